The maximum atomic E-state index is 12.1. The van der Waals surface area contributed by atoms with E-state index in [1.807, 2.05) is 6.07 Å². The standard InChI is InChI=1S/C19H21ClN2O4S/c1-14(22-19(24)16-9-5-6-10-17(16)20)18(23)21-11-12-27(25,26)13-15-7-3-2-4-8-15/h2-10,14H,11-13H2,1H3,(H,21,23)(H,22,24)/t14-/m0/s1. The molecule has 0 aromatic heterocycles. The lowest BCUT2D eigenvalue weighted by molar-refractivity contribution is -0.122. The van der Waals surface area contributed by atoms with Crippen molar-refractivity contribution in [3.63, 3.8) is 0 Å². The van der Waals surface area contributed by atoms with Gasteiger partial charge in [-0.3, -0.25) is 9.59 Å². The molecule has 0 saturated heterocycles. The normalized spacial score (nSPS) is 12.2. The summed E-state index contributed by atoms with van der Waals surface area (Å²) in [5.74, 6) is -1.20. The van der Waals surface area contributed by atoms with Crippen LogP contribution in [0.2, 0.25) is 5.02 Å². The lowest BCUT2D eigenvalue weighted by Gasteiger charge is -2.14. The van der Waals surface area contributed by atoms with Gasteiger partial charge in [-0.1, -0.05) is 54.1 Å². The molecular weight excluding hydrogens is 388 g/mol. The molecule has 2 N–H and O–H groups in total. The van der Waals surface area contributed by atoms with Crippen molar-refractivity contribution in [3.8, 4) is 0 Å². The number of carbonyl (C=O) groups is 2. The summed E-state index contributed by atoms with van der Waals surface area (Å²) in [6.45, 7) is 1.49. The second-order valence-electron chi connectivity index (χ2n) is 6.04. The Morgan fingerprint density at radius 1 is 1.04 bits per heavy atom. The predicted molar refractivity (Wildman–Crippen MR) is 105 cm³/mol. The lowest BCUT2D eigenvalue weighted by Crippen LogP contribution is -2.45. The summed E-state index contributed by atoms with van der Waals surface area (Å²) >= 11 is 5.95. The van der Waals surface area contributed by atoms with Crippen LogP contribution in [0.4, 0.5) is 0 Å². The summed E-state index contributed by atoms with van der Waals surface area (Å²) in [4.78, 5) is 24.2. The molecule has 2 amide bonds. The highest BCUT2D eigenvalue weighted by molar-refractivity contribution is 7.90. The molecule has 0 spiro atoms. The minimum Gasteiger partial charge on any atom is -0.353 e. The first kappa shape index (κ1) is 20.9. The quantitative estimate of drug-likeness (QED) is 0.700. The summed E-state index contributed by atoms with van der Waals surface area (Å²) < 4.78 is 24.2. The molecule has 1 atom stereocenters. The number of rotatable bonds is 8. The molecule has 0 heterocycles. The van der Waals surface area contributed by atoms with E-state index in [2.05, 4.69) is 10.6 Å². The molecule has 2 rings (SSSR count). The van der Waals surface area contributed by atoms with Crippen molar-refractivity contribution in [2.45, 2.75) is 18.7 Å². The van der Waals surface area contributed by atoms with Gasteiger partial charge in [0.15, 0.2) is 9.84 Å². The van der Waals surface area contributed by atoms with Gasteiger partial charge in [0.05, 0.1) is 22.1 Å². The Labute approximate surface area is 163 Å². The molecule has 0 aliphatic rings. The van der Waals surface area contributed by atoms with Crippen molar-refractivity contribution in [3.05, 3.63) is 70.7 Å². The average molecular weight is 409 g/mol. The SMILES string of the molecule is C[C@H](NC(=O)c1ccccc1Cl)C(=O)NCCS(=O)(=O)Cc1ccccc1. The first-order valence-corrected chi connectivity index (χ1v) is 10.6. The molecule has 144 valence electrons. The van der Waals surface area contributed by atoms with Crippen LogP contribution in [0.5, 0.6) is 0 Å². The lowest BCUT2D eigenvalue weighted by atomic mass is 10.2. The molecule has 0 radical (unpaired) electrons. The molecule has 6 nitrogen and oxygen atoms in total. The molecule has 0 bridgehead atoms. The van der Waals surface area contributed by atoms with Crippen molar-refractivity contribution >= 4 is 33.3 Å². The molecular formula is C19H21ClN2O4S. The van der Waals surface area contributed by atoms with E-state index < -0.39 is 27.7 Å². The zero-order chi connectivity index (χ0) is 19.9. The number of hydrogen-bond acceptors (Lipinski definition) is 4. The molecule has 0 fully saturated rings. The van der Waals surface area contributed by atoms with E-state index in [0.29, 0.717) is 5.56 Å². The van der Waals surface area contributed by atoms with Gasteiger partial charge in [0.25, 0.3) is 5.91 Å². The second kappa shape index (κ2) is 9.53. The van der Waals surface area contributed by atoms with Crippen molar-refractivity contribution in [2.24, 2.45) is 0 Å². The van der Waals surface area contributed by atoms with E-state index in [9.17, 15) is 18.0 Å². The Bertz CT molecular complexity index is 901. The number of carbonyl (C=O) groups excluding carboxylic acids is 2. The van der Waals surface area contributed by atoms with Crippen molar-refractivity contribution < 1.29 is 18.0 Å². The van der Waals surface area contributed by atoms with Crippen LogP contribution >= 0.6 is 11.6 Å². The van der Waals surface area contributed by atoms with Crippen LogP contribution in [0.3, 0.4) is 0 Å². The molecule has 2 aromatic rings. The Morgan fingerprint density at radius 3 is 2.33 bits per heavy atom. The summed E-state index contributed by atoms with van der Waals surface area (Å²) in [6.07, 6.45) is 0. The topological polar surface area (TPSA) is 92.3 Å². The number of benzene rings is 2. The third kappa shape index (κ3) is 6.69. The van der Waals surface area contributed by atoms with E-state index in [1.54, 1.807) is 48.5 Å². The fourth-order valence-electron chi connectivity index (χ4n) is 2.37. The maximum absolute atomic E-state index is 12.1. The fourth-order valence-corrected chi connectivity index (χ4v) is 3.85. The van der Waals surface area contributed by atoms with E-state index in [0.717, 1.165) is 0 Å². The van der Waals surface area contributed by atoms with Crippen LogP contribution in [-0.4, -0.2) is 38.6 Å². The Balaban J connectivity index is 1.81. The van der Waals surface area contributed by atoms with Crippen molar-refractivity contribution in [1.29, 1.82) is 0 Å². The highest BCUT2D eigenvalue weighted by Gasteiger charge is 2.19. The van der Waals surface area contributed by atoms with Gasteiger partial charge in [0, 0.05) is 6.54 Å². The van der Waals surface area contributed by atoms with Crippen molar-refractivity contribution in [1.82, 2.24) is 10.6 Å². The minimum absolute atomic E-state index is 0.0275. The van der Waals surface area contributed by atoms with Gasteiger partial charge < -0.3 is 10.6 Å². The van der Waals surface area contributed by atoms with Crippen LogP contribution in [0.25, 0.3) is 0 Å². The van der Waals surface area contributed by atoms with Crippen LogP contribution in [-0.2, 0) is 20.4 Å². The molecule has 0 unspecified atom stereocenters. The highest BCUT2D eigenvalue weighted by atomic mass is 35.5. The van der Waals surface area contributed by atoms with Gasteiger partial charge in [0.2, 0.25) is 5.91 Å². The molecule has 27 heavy (non-hydrogen) atoms. The zero-order valence-electron chi connectivity index (χ0n) is 14.8. The first-order valence-electron chi connectivity index (χ1n) is 8.36. The Kier molecular flexibility index (Phi) is 7.38. The smallest absolute Gasteiger partial charge is 0.253 e. The number of hydrogen-bond donors (Lipinski definition) is 2. The summed E-state index contributed by atoms with van der Waals surface area (Å²) in [7, 11) is -3.35. The Hall–Kier alpha value is -2.38. The van der Waals surface area contributed by atoms with Gasteiger partial charge in [-0.2, -0.15) is 0 Å². The van der Waals surface area contributed by atoms with Gasteiger partial charge >= 0.3 is 0 Å². The van der Waals surface area contributed by atoms with E-state index in [1.165, 1.54) is 6.92 Å². The van der Waals surface area contributed by atoms with Crippen molar-refractivity contribution in [2.75, 3.05) is 12.3 Å². The molecule has 0 saturated carbocycles. The molecule has 2 aromatic carbocycles. The number of nitrogens with one attached hydrogen (secondary N) is 2. The van der Waals surface area contributed by atoms with Crippen LogP contribution in [0, 0.1) is 0 Å². The van der Waals surface area contributed by atoms with Crippen LogP contribution in [0.1, 0.15) is 22.8 Å². The van der Waals surface area contributed by atoms with Gasteiger partial charge in [-0.25, -0.2) is 8.42 Å². The summed E-state index contributed by atoms with van der Waals surface area (Å²) in [5, 5.41) is 5.36. The van der Waals surface area contributed by atoms with E-state index in [-0.39, 0.29) is 28.6 Å². The van der Waals surface area contributed by atoms with Crippen LogP contribution in [0.15, 0.2) is 54.6 Å². The van der Waals surface area contributed by atoms with Gasteiger partial charge in [0.1, 0.15) is 6.04 Å². The van der Waals surface area contributed by atoms with E-state index >= 15 is 0 Å². The maximum Gasteiger partial charge on any atom is 0.253 e. The predicted octanol–water partition coefficient (Wildman–Crippen LogP) is 2.19. The zero-order valence-corrected chi connectivity index (χ0v) is 16.4. The molecule has 0 aliphatic heterocycles. The number of sulfone groups is 1. The van der Waals surface area contributed by atoms with Gasteiger partial charge in [-0.15, -0.1) is 0 Å². The van der Waals surface area contributed by atoms with E-state index in [4.69, 9.17) is 11.6 Å². The fraction of sp³-hybridized carbons (Fsp3) is 0.263. The molecule has 8 heteroatoms. The largest absolute Gasteiger partial charge is 0.353 e. The van der Waals surface area contributed by atoms with Gasteiger partial charge in [-0.05, 0) is 24.6 Å². The number of amides is 2. The number of halogens is 1. The third-order valence-electron chi connectivity index (χ3n) is 3.80. The minimum atomic E-state index is -3.35. The summed E-state index contributed by atoms with van der Waals surface area (Å²) in [5.41, 5.74) is 0.966. The third-order valence-corrected chi connectivity index (χ3v) is 5.73. The monoisotopic (exact) mass is 408 g/mol. The first-order chi connectivity index (χ1) is 12.8. The molecule has 0 aliphatic carbocycles. The Morgan fingerprint density at radius 2 is 1.67 bits per heavy atom. The highest BCUT2D eigenvalue weighted by Crippen LogP contribution is 2.14. The second-order valence-corrected chi connectivity index (χ2v) is 8.63. The average Bonchev–Trinajstić information content (AvgIpc) is 2.62. The summed E-state index contributed by atoms with van der Waals surface area (Å²) in [6, 6.07) is 14.5. The van der Waals surface area contributed by atoms with Crippen LogP contribution < -0.4 is 10.6 Å².